The maximum Gasteiger partial charge on any atom is 0.246 e. The summed E-state index contributed by atoms with van der Waals surface area (Å²) in [5.41, 5.74) is 6.32. The largest absolute Gasteiger partial charge is 0.369 e. The topological polar surface area (TPSA) is 148 Å². The molecule has 0 unspecified atom stereocenters. The van der Waals surface area contributed by atoms with Gasteiger partial charge in [0.25, 0.3) is 0 Å². The van der Waals surface area contributed by atoms with Crippen molar-refractivity contribution in [2.45, 2.75) is 17.4 Å². The molecule has 0 radical (unpaired) electrons. The summed E-state index contributed by atoms with van der Waals surface area (Å²) in [6.45, 7) is -0.512. The van der Waals surface area contributed by atoms with Crippen LogP contribution in [0.25, 0.3) is 17.2 Å². The van der Waals surface area contributed by atoms with Crippen LogP contribution >= 0.6 is 22.9 Å². The summed E-state index contributed by atoms with van der Waals surface area (Å²) in [6, 6.07) is 11.8. The number of pyridine rings is 1. The first kappa shape index (κ1) is 27.9. The van der Waals surface area contributed by atoms with Crippen molar-refractivity contribution in [1.82, 2.24) is 9.29 Å². The first-order chi connectivity index (χ1) is 17.9. The smallest absolute Gasteiger partial charge is 0.246 e. The number of aromatic nitrogens is 1. The zero-order valence-corrected chi connectivity index (χ0v) is 23.2. The van der Waals surface area contributed by atoms with Gasteiger partial charge in [0.15, 0.2) is 9.84 Å². The van der Waals surface area contributed by atoms with E-state index in [-0.39, 0.29) is 23.7 Å². The Morgan fingerprint density at radius 3 is 2.53 bits per heavy atom. The fourth-order valence-corrected chi connectivity index (χ4v) is 7.37. The molecule has 1 aliphatic heterocycles. The summed E-state index contributed by atoms with van der Waals surface area (Å²) in [5, 5.41) is 0.917. The predicted octanol–water partition coefficient (Wildman–Crippen LogP) is 2.76. The van der Waals surface area contributed by atoms with Crippen molar-refractivity contribution in [1.29, 1.82) is 0 Å². The Bertz CT molecular complexity index is 1620. The minimum absolute atomic E-state index is 0.115. The summed E-state index contributed by atoms with van der Waals surface area (Å²) in [4.78, 5) is 31.4. The summed E-state index contributed by atoms with van der Waals surface area (Å²) in [7, 11) is -7.68. The monoisotopic (exact) mass is 594 g/mol. The molecule has 10 nitrogen and oxygen atoms in total. The lowest BCUT2D eigenvalue weighted by Crippen LogP contribution is -2.48. The van der Waals surface area contributed by atoms with Crippen LogP contribution in [0.5, 0.6) is 0 Å². The fraction of sp³-hybridized carbons (Fsp3) is 0.208. The molecular weight excluding hydrogens is 572 g/mol. The number of anilines is 1. The normalized spacial score (nSPS) is 16.6. The number of nitrogens with two attached hydrogens (primary N) is 1. The van der Waals surface area contributed by atoms with E-state index in [2.05, 4.69) is 4.98 Å². The van der Waals surface area contributed by atoms with Gasteiger partial charge in [0.05, 0.1) is 15.8 Å². The van der Waals surface area contributed by atoms with Gasteiger partial charge < -0.3 is 5.73 Å². The zero-order valence-electron chi connectivity index (χ0n) is 20.0. The van der Waals surface area contributed by atoms with Gasteiger partial charge in [0.1, 0.15) is 11.9 Å². The molecule has 0 spiro atoms. The van der Waals surface area contributed by atoms with Crippen LogP contribution in [0.4, 0.5) is 5.82 Å². The van der Waals surface area contributed by atoms with Gasteiger partial charge in [-0.25, -0.2) is 21.8 Å². The standard InChI is InChI=1S/C24H23ClN4O6S3/c1-37(32,33)20-5-3-2-4-18(20)16-6-9-23(27-14-16)28-12-10-19(24(28)31)29(15-22(26)30)38(34,35)13-11-17-7-8-21(25)36-17/h2-9,11,13-14,19H,10,12,15H2,1H3,(H2,26,30)/b13-11+/t19-/m0/s1. The molecule has 2 aromatic heterocycles. The van der Waals surface area contributed by atoms with Crippen molar-refractivity contribution in [2.75, 3.05) is 24.2 Å². The van der Waals surface area contributed by atoms with Crippen LogP contribution in [0.1, 0.15) is 11.3 Å². The quantitative estimate of drug-likeness (QED) is 0.400. The Kier molecular flexibility index (Phi) is 8.04. The molecule has 200 valence electrons. The van der Waals surface area contributed by atoms with Crippen LogP contribution in [0.2, 0.25) is 4.34 Å². The minimum atomic E-state index is -4.20. The maximum absolute atomic E-state index is 13.3. The van der Waals surface area contributed by atoms with Crippen LogP contribution in [-0.4, -0.2) is 63.3 Å². The highest BCUT2D eigenvalue weighted by atomic mass is 35.5. The summed E-state index contributed by atoms with van der Waals surface area (Å²) in [5.74, 6) is -1.20. The molecule has 2 N–H and O–H groups in total. The lowest BCUT2D eigenvalue weighted by Gasteiger charge is -2.24. The molecule has 3 heterocycles. The molecular formula is C24H23ClN4O6S3. The Morgan fingerprint density at radius 1 is 1.18 bits per heavy atom. The summed E-state index contributed by atoms with van der Waals surface area (Å²) >= 11 is 7.06. The highest BCUT2D eigenvalue weighted by Crippen LogP contribution is 2.30. The van der Waals surface area contributed by atoms with Crippen molar-refractivity contribution in [3.8, 4) is 11.1 Å². The van der Waals surface area contributed by atoms with Crippen LogP contribution in [0.15, 0.2) is 65.0 Å². The molecule has 1 atom stereocenters. The molecule has 4 rings (SSSR count). The van der Waals surface area contributed by atoms with E-state index in [4.69, 9.17) is 17.3 Å². The molecule has 1 aliphatic rings. The van der Waals surface area contributed by atoms with Gasteiger partial charge in [-0.2, -0.15) is 4.31 Å². The molecule has 0 bridgehead atoms. The van der Waals surface area contributed by atoms with E-state index in [9.17, 15) is 26.4 Å². The Hall–Kier alpha value is -3.10. The van der Waals surface area contributed by atoms with Crippen molar-refractivity contribution in [3.63, 3.8) is 0 Å². The highest BCUT2D eigenvalue weighted by molar-refractivity contribution is 7.92. The van der Waals surface area contributed by atoms with Gasteiger partial charge in [0.2, 0.25) is 21.8 Å². The average Bonchev–Trinajstić information content (AvgIpc) is 3.45. The number of rotatable bonds is 9. The van der Waals surface area contributed by atoms with Crippen molar-refractivity contribution in [2.24, 2.45) is 5.73 Å². The Morgan fingerprint density at radius 2 is 1.92 bits per heavy atom. The van der Waals surface area contributed by atoms with Gasteiger partial charge in [-0.15, -0.1) is 11.3 Å². The van der Waals surface area contributed by atoms with E-state index in [1.807, 2.05) is 0 Å². The second-order valence-corrected chi connectivity index (χ2v) is 14.0. The lowest BCUT2D eigenvalue weighted by molar-refractivity contribution is -0.122. The molecule has 1 saturated heterocycles. The molecule has 0 aliphatic carbocycles. The second kappa shape index (κ2) is 10.9. The minimum Gasteiger partial charge on any atom is -0.369 e. The SMILES string of the molecule is CS(=O)(=O)c1ccccc1-c1ccc(N2CC[C@H](N(CC(N)=O)S(=O)(=O)/C=C/c3ccc(Cl)s3)C2=O)nc1. The predicted molar refractivity (Wildman–Crippen MR) is 147 cm³/mol. The molecule has 1 aromatic carbocycles. The summed E-state index contributed by atoms with van der Waals surface area (Å²) < 4.78 is 51.8. The van der Waals surface area contributed by atoms with Crippen LogP contribution in [0, 0.1) is 0 Å². The molecule has 1 fully saturated rings. The van der Waals surface area contributed by atoms with Crippen molar-refractivity contribution >= 4 is 66.5 Å². The number of sulfonamides is 1. The number of primary amides is 1. The number of halogens is 1. The third-order valence-corrected chi connectivity index (χ3v) is 9.65. The van der Waals surface area contributed by atoms with Crippen LogP contribution in [-0.2, 0) is 29.4 Å². The number of benzene rings is 1. The van der Waals surface area contributed by atoms with E-state index in [0.29, 0.717) is 20.3 Å². The number of thiophene rings is 1. The number of sulfone groups is 1. The van der Waals surface area contributed by atoms with Gasteiger partial charge >= 0.3 is 0 Å². The number of hydrogen-bond acceptors (Lipinski definition) is 8. The molecule has 14 heteroatoms. The average molecular weight is 595 g/mol. The molecule has 0 saturated carbocycles. The fourth-order valence-electron chi connectivity index (χ4n) is 4.07. The molecule has 38 heavy (non-hydrogen) atoms. The number of nitrogens with zero attached hydrogens (tertiary/aromatic N) is 3. The number of carbonyl (C=O) groups excluding carboxylic acids is 2. The van der Waals surface area contributed by atoms with E-state index in [0.717, 1.165) is 16.0 Å². The van der Waals surface area contributed by atoms with E-state index >= 15 is 0 Å². The van der Waals surface area contributed by atoms with Gasteiger partial charge in [-0.05, 0) is 42.8 Å². The third kappa shape index (κ3) is 6.13. The van der Waals surface area contributed by atoms with E-state index in [1.54, 1.807) is 42.5 Å². The zero-order chi connectivity index (χ0) is 27.7. The number of hydrogen-bond donors (Lipinski definition) is 1. The Labute approximate surface area is 229 Å². The summed E-state index contributed by atoms with van der Waals surface area (Å²) in [6.07, 6.45) is 4.02. The second-order valence-electron chi connectivity index (χ2n) is 8.47. The number of carbonyl (C=O) groups is 2. The van der Waals surface area contributed by atoms with E-state index < -0.39 is 44.3 Å². The lowest BCUT2D eigenvalue weighted by atomic mass is 10.1. The molecule has 2 amide bonds. The highest BCUT2D eigenvalue weighted by Gasteiger charge is 2.42. The van der Waals surface area contributed by atoms with Crippen molar-refractivity contribution in [3.05, 3.63) is 69.3 Å². The number of amides is 2. The molecule has 3 aromatic rings. The maximum atomic E-state index is 13.3. The van der Waals surface area contributed by atoms with Crippen LogP contribution < -0.4 is 10.6 Å². The third-order valence-electron chi connectivity index (χ3n) is 5.78. The van der Waals surface area contributed by atoms with Crippen molar-refractivity contribution < 1.29 is 26.4 Å². The first-order valence-electron chi connectivity index (χ1n) is 11.2. The van der Waals surface area contributed by atoms with Gasteiger partial charge in [-0.1, -0.05) is 29.8 Å². The first-order valence-corrected chi connectivity index (χ1v) is 15.8. The van der Waals surface area contributed by atoms with E-state index in [1.165, 1.54) is 34.6 Å². The van der Waals surface area contributed by atoms with Gasteiger partial charge in [0, 0.05) is 40.4 Å². The van der Waals surface area contributed by atoms with Gasteiger partial charge in [-0.3, -0.25) is 14.5 Å². The van der Waals surface area contributed by atoms with Crippen LogP contribution in [0.3, 0.4) is 0 Å². The Balaban J connectivity index is 1.58.